The molecule has 4 rings (SSSR count). The summed E-state index contributed by atoms with van der Waals surface area (Å²) in [5.41, 5.74) is 2.60. The summed E-state index contributed by atoms with van der Waals surface area (Å²) in [4.78, 5) is 29.8. The topological polar surface area (TPSA) is 108 Å². The summed E-state index contributed by atoms with van der Waals surface area (Å²) in [7, 11) is 0. The lowest BCUT2D eigenvalue weighted by atomic mass is 10.2. The van der Waals surface area contributed by atoms with E-state index >= 15 is 0 Å². The lowest BCUT2D eigenvalue weighted by Gasteiger charge is -2.14. The second kappa shape index (κ2) is 10.9. The third-order valence-corrected chi connectivity index (χ3v) is 6.82. The highest BCUT2D eigenvalue weighted by molar-refractivity contribution is 8.00. The first kappa shape index (κ1) is 24.1. The van der Waals surface area contributed by atoms with Gasteiger partial charge in [-0.15, -0.1) is 10.2 Å². The fourth-order valence-corrected chi connectivity index (χ4v) is 4.65. The number of imidazole rings is 1. The Morgan fingerprint density at radius 3 is 2.62 bits per heavy atom. The molecular formula is C24H27ClN6O2S. The summed E-state index contributed by atoms with van der Waals surface area (Å²) in [6.45, 7) is 4.80. The molecule has 0 fully saturated rings. The summed E-state index contributed by atoms with van der Waals surface area (Å²) < 4.78 is 2.09. The summed E-state index contributed by atoms with van der Waals surface area (Å²) in [5, 5.41) is 12.7. The number of nitrogens with one attached hydrogen (secondary N) is 3. The van der Waals surface area contributed by atoms with Crippen LogP contribution in [-0.4, -0.2) is 35.9 Å². The van der Waals surface area contributed by atoms with E-state index in [0.29, 0.717) is 26.9 Å². The van der Waals surface area contributed by atoms with E-state index in [4.69, 9.17) is 11.6 Å². The number of carbonyl (C=O) groups is 1. The van der Waals surface area contributed by atoms with Gasteiger partial charge in [0.1, 0.15) is 0 Å². The number of carbonyl (C=O) groups excluding carboxylic acids is 1. The SMILES string of the molecule is CCCCCCn1c(SC(C)C(=O)Nc2ccc3[nH]c(=O)[nH]c3c2)nnc1-c1ccc(Cl)cc1. The van der Waals surface area contributed by atoms with E-state index in [2.05, 4.69) is 37.0 Å². The van der Waals surface area contributed by atoms with Crippen molar-refractivity contribution in [2.45, 2.75) is 56.5 Å². The molecule has 0 saturated heterocycles. The van der Waals surface area contributed by atoms with Gasteiger partial charge in [0.05, 0.1) is 16.3 Å². The predicted octanol–water partition coefficient (Wildman–Crippen LogP) is 5.47. The standard InChI is InChI=1S/C24H27ClN6O2S/c1-3-4-5-6-13-31-21(16-7-9-17(25)10-8-16)29-30-24(31)34-15(2)22(32)26-18-11-12-19-20(14-18)28-23(33)27-19/h7-12,14-15H,3-6,13H2,1-2H3,(H,26,32)(H2,27,28,33). The summed E-state index contributed by atoms with van der Waals surface area (Å²) in [6, 6.07) is 12.8. The normalized spacial score (nSPS) is 12.2. The number of fused-ring (bicyclic) bond motifs is 1. The minimum absolute atomic E-state index is 0.157. The molecule has 0 aliphatic heterocycles. The molecule has 0 radical (unpaired) electrons. The van der Waals surface area contributed by atoms with Gasteiger partial charge >= 0.3 is 5.69 Å². The van der Waals surface area contributed by atoms with Gasteiger partial charge in [0.15, 0.2) is 11.0 Å². The zero-order valence-electron chi connectivity index (χ0n) is 19.1. The molecule has 2 aromatic heterocycles. The molecule has 0 aliphatic rings. The van der Waals surface area contributed by atoms with E-state index in [9.17, 15) is 9.59 Å². The van der Waals surface area contributed by atoms with Crippen molar-refractivity contribution >= 4 is 46.0 Å². The van der Waals surface area contributed by atoms with Crippen LogP contribution in [-0.2, 0) is 11.3 Å². The Kier molecular flexibility index (Phi) is 7.74. The Hall–Kier alpha value is -3.04. The fourth-order valence-electron chi connectivity index (χ4n) is 3.65. The Morgan fingerprint density at radius 2 is 1.85 bits per heavy atom. The zero-order valence-corrected chi connectivity index (χ0v) is 20.7. The second-order valence-electron chi connectivity index (χ2n) is 8.11. The van der Waals surface area contributed by atoms with Gasteiger partial charge in [0, 0.05) is 22.8 Å². The van der Waals surface area contributed by atoms with E-state index in [0.717, 1.165) is 37.2 Å². The molecule has 2 heterocycles. The Labute approximate surface area is 206 Å². The lowest BCUT2D eigenvalue weighted by molar-refractivity contribution is -0.115. The van der Waals surface area contributed by atoms with Gasteiger partial charge in [-0.05, 0) is 55.8 Å². The molecule has 34 heavy (non-hydrogen) atoms. The molecule has 8 nitrogen and oxygen atoms in total. The van der Waals surface area contributed by atoms with Gasteiger partial charge in [-0.2, -0.15) is 0 Å². The average molecular weight is 499 g/mol. The maximum absolute atomic E-state index is 12.9. The number of unbranched alkanes of at least 4 members (excludes halogenated alkanes) is 3. The number of thioether (sulfide) groups is 1. The number of anilines is 1. The molecule has 3 N–H and O–H groups in total. The first-order valence-corrected chi connectivity index (χ1v) is 12.6. The van der Waals surface area contributed by atoms with Gasteiger partial charge in [-0.1, -0.05) is 49.5 Å². The highest BCUT2D eigenvalue weighted by Crippen LogP contribution is 2.29. The molecule has 0 bridgehead atoms. The molecule has 1 amide bonds. The highest BCUT2D eigenvalue weighted by Gasteiger charge is 2.21. The van der Waals surface area contributed by atoms with Crippen LogP contribution in [0.3, 0.4) is 0 Å². The van der Waals surface area contributed by atoms with Crippen LogP contribution in [0.4, 0.5) is 5.69 Å². The van der Waals surface area contributed by atoms with Gasteiger partial charge < -0.3 is 19.9 Å². The molecule has 0 aliphatic carbocycles. The third-order valence-electron chi connectivity index (χ3n) is 5.49. The molecule has 10 heteroatoms. The van der Waals surface area contributed by atoms with E-state index in [-0.39, 0.29) is 11.6 Å². The molecular weight excluding hydrogens is 472 g/mol. The quantitative estimate of drug-likeness (QED) is 0.198. The van der Waals surface area contributed by atoms with Crippen LogP contribution in [0, 0.1) is 0 Å². The lowest BCUT2D eigenvalue weighted by Crippen LogP contribution is -2.23. The zero-order chi connectivity index (χ0) is 24.1. The van der Waals surface area contributed by atoms with E-state index < -0.39 is 5.25 Å². The largest absolute Gasteiger partial charge is 0.325 e. The summed E-state index contributed by atoms with van der Waals surface area (Å²) in [6.07, 6.45) is 4.47. The first-order valence-electron chi connectivity index (χ1n) is 11.3. The highest BCUT2D eigenvalue weighted by atomic mass is 35.5. The molecule has 4 aromatic rings. The number of rotatable bonds is 10. The van der Waals surface area contributed by atoms with Crippen molar-refractivity contribution in [2.75, 3.05) is 5.32 Å². The number of aromatic nitrogens is 5. The van der Waals surface area contributed by atoms with Crippen molar-refractivity contribution in [1.29, 1.82) is 0 Å². The number of benzene rings is 2. The van der Waals surface area contributed by atoms with Crippen molar-refractivity contribution < 1.29 is 4.79 Å². The Balaban J connectivity index is 1.50. The van der Waals surface area contributed by atoms with Crippen LogP contribution >= 0.6 is 23.4 Å². The van der Waals surface area contributed by atoms with E-state index in [1.165, 1.54) is 18.2 Å². The molecule has 1 unspecified atom stereocenters. The fraction of sp³-hybridized carbons (Fsp3) is 0.333. The second-order valence-corrected chi connectivity index (χ2v) is 9.86. The van der Waals surface area contributed by atoms with Gasteiger partial charge in [0.25, 0.3) is 0 Å². The third kappa shape index (κ3) is 5.71. The van der Waals surface area contributed by atoms with Crippen molar-refractivity contribution in [2.24, 2.45) is 0 Å². The Bertz CT molecular complexity index is 1330. The Morgan fingerprint density at radius 1 is 1.09 bits per heavy atom. The van der Waals surface area contributed by atoms with Crippen molar-refractivity contribution in [3.63, 3.8) is 0 Å². The number of nitrogens with zero attached hydrogens (tertiary/aromatic N) is 3. The minimum Gasteiger partial charge on any atom is -0.325 e. The van der Waals surface area contributed by atoms with Crippen LogP contribution < -0.4 is 11.0 Å². The first-order chi connectivity index (χ1) is 16.4. The van der Waals surface area contributed by atoms with Gasteiger partial charge in [0.2, 0.25) is 5.91 Å². The van der Waals surface area contributed by atoms with Crippen molar-refractivity contribution in [3.8, 4) is 11.4 Å². The van der Waals surface area contributed by atoms with Crippen molar-refractivity contribution in [3.05, 3.63) is 58.0 Å². The average Bonchev–Trinajstić information content (AvgIpc) is 3.39. The van der Waals surface area contributed by atoms with Crippen LogP contribution in [0.25, 0.3) is 22.4 Å². The van der Waals surface area contributed by atoms with E-state index in [1.54, 1.807) is 18.2 Å². The predicted molar refractivity (Wildman–Crippen MR) is 137 cm³/mol. The van der Waals surface area contributed by atoms with Gasteiger partial charge in [-0.3, -0.25) is 4.79 Å². The number of halogens is 1. The van der Waals surface area contributed by atoms with Gasteiger partial charge in [-0.25, -0.2) is 4.79 Å². The maximum Gasteiger partial charge on any atom is 0.323 e. The molecule has 0 spiro atoms. The number of H-pyrrole nitrogens is 2. The maximum atomic E-state index is 12.9. The van der Waals surface area contributed by atoms with Crippen LogP contribution in [0.5, 0.6) is 0 Å². The monoisotopic (exact) mass is 498 g/mol. The smallest absolute Gasteiger partial charge is 0.323 e. The summed E-state index contributed by atoms with van der Waals surface area (Å²) in [5.74, 6) is 0.612. The van der Waals surface area contributed by atoms with Crippen LogP contribution in [0.1, 0.15) is 39.5 Å². The van der Waals surface area contributed by atoms with Crippen molar-refractivity contribution in [1.82, 2.24) is 24.7 Å². The van der Waals surface area contributed by atoms with Crippen LogP contribution in [0.15, 0.2) is 52.4 Å². The number of amides is 1. The molecule has 0 saturated carbocycles. The molecule has 2 aromatic carbocycles. The number of hydrogen-bond acceptors (Lipinski definition) is 5. The number of hydrogen-bond donors (Lipinski definition) is 3. The minimum atomic E-state index is -0.405. The number of aromatic amines is 2. The summed E-state index contributed by atoms with van der Waals surface area (Å²) >= 11 is 7.43. The van der Waals surface area contributed by atoms with E-state index in [1.807, 2.05) is 31.2 Å². The molecule has 178 valence electrons. The van der Waals surface area contributed by atoms with Crippen LogP contribution in [0.2, 0.25) is 5.02 Å². The molecule has 1 atom stereocenters.